The van der Waals surface area contributed by atoms with E-state index in [0.29, 0.717) is 6.42 Å². The van der Waals surface area contributed by atoms with Crippen molar-refractivity contribution in [1.82, 2.24) is 5.48 Å². The molecule has 0 saturated heterocycles. The van der Waals surface area contributed by atoms with Crippen LogP contribution in [-0.4, -0.2) is 12.5 Å². The van der Waals surface area contributed by atoms with E-state index in [0.717, 1.165) is 0 Å². The van der Waals surface area contributed by atoms with Crippen LogP contribution in [0.15, 0.2) is 0 Å². The Morgan fingerprint density at radius 2 is 2.18 bits per heavy atom. The molecule has 0 unspecified atom stereocenters. The van der Waals surface area contributed by atoms with Crippen LogP contribution >= 0.6 is 0 Å². The minimum absolute atomic E-state index is 0.0712. The Hall–Kier alpha value is -1.45. The lowest BCUT2D eigenvalue weighted by Crippen LogP contribution is -2.23. The van der Waals surface area contributed by atoms with E-state index in [1.54, 1.807) is 0 Å². The molecule has 0 saturated carbocycles. The molecule has 0 atom stereocenters. The van der Waals surface area contributed by atoms with Gasteiger partial charge in [0.05, 0.1) is 0 Å². The highest BCUT2D eigenvalue weighted by Gasteiger charge is 1.96. The van der Waals surface area contributed by atoms with Crippen LogP contribution in [0.4, 0.5) is 0 Å². The van der Waals surface area contributed by atoms with E-state index in [-0.39, 0.29) is 18.9 Å². The van der Waals surface area contributed by atoms with Gasteiger partial charge < -0.3 is 0 Å². The fraction of sp³-hybridized carbons (Fsp3) is 0.375. The van der Waals surface area contributed by atoms with Crippen molar-refractivity contribution >= 4 is 5.91 Å². The molecule has 0 aromatic heterocycles. The second-order valence-electron chi connectivity index (χ2n) is 1.72. The van der Waals surface area contributed by atoms with Gasteiger partial charge in [-0.2, -0.15) is 0 Å². The summed E-state index contributed by atoms with van der Waals surface area (Å²) in [5.41, 5.74) is 2.14. The van der Waals surface area contributed by atoms with Gasteiger partial charge in [-0.25, -0.2) is 5.48 Å². The summed E-state index contributed by atoms with van der Waals surface area (Å²) in [6, 6.07) is 0. The van der Waals surface area contributed by atoms with E-state index in [1.807, 2.05) is 0 Å². The summed E-state index contributed by atoms with van der Waals surface area (Å²) in [4.78, 5) is 15.2. The highest BCUT2D eigenvalue weighted by atomic mass is 16.6. The maximum atomic E-state index is 10.7. The van der Waals surface area contributed by atoms with Crippen molar-refractivity contribution in [2.75, 3.05) is 6.61 Å². The number of hydrogen-bond acceptors (Lipinski definition) is 2. The molecule has 0 aromatic carbocycles. The first-order valence-electron chi connectivity index (χ1n) is 3.08. The molecular formula is C8H9NO2. The number of terminal acetylenes is 2. The number of hydroxylamine groups is 1. The highest BCUT2D eigenvalue weighted by molar-refractivity contribution is 5.74. The smallest absolute Gasteiger partial charge is 0.244 e. The Bertz CT molecular complexity index is 197. The van der Waals surface area contributed by atoms with Crippen molar-refractivity contribution in [2.45, 2.75) is 12.8 Å². The summed E-state index contributed by atoms with van der Waals surface area (Å²) in [7, 11) is 0. The summed E-state index contributed by atoms with van der Waals surface area (Å²) in [6.07, 6.45) is 10.5. The Morgan fingerprint density at radius 1 is 1.45 bits per heavy atom. The van der Waals surface area contributed by atoms with Crippen molar-refractivity contribution in [3.8, 4) is 24.7 Å². The third-order valence-electron chi connectivity index (χ3n) is 0.838. The molecule has 3 nitrogen and oxygen atoms in total. The molecule has 0 heterocycles. The fourth-order valence-electron chi connectivity index (χ4n) is 0.395. The molecule has 0 rings (SSSR count). The minimum Gasteiger partial charge on any atom is -0.273 e. The molecule has 0 radical (unpaired) electrons. The average molecular weight is 151 g/mol. The van der Waals surface area contributed by atoms with Gasteiger partial charge in [0, 0.05) is 12.8 Å². The normalized spacial score (nSPS) is 7.82. The van der Waals surface area contributed by atoms with E-state index >= 15 is 0 Å². The van der Waals surface area contributed by atoms with Crippen LogP contribution in [-0.2, 0) is 9.63 Å². The van der Waals surface area contributed by atoms with Crippen molar-refractivity contribution in [1.29, 1.82) is 0 Å². The third kappa shape index (κ3) is 6.44. The van der Waals surface area contributed by atoms with Gasteiger partial charge in [0.25, 0.3) is 0 Å². The van der Waals surface area contributed by atoms with Crippen LogP contribution in [0.5, 0.6) is 0 Å². The third-order valence-corrected chi connectivity index (χ3v) is 0.838. The predicted molar refractivity (Wildman–Crippen MR) is 41.0 cm³/mol. The van der Waals surface area contributed by atoms with Crippen molar-refractivity contribution in [3.63, 3.8) is 0 Å². The number of carbonyl (C=O) groups excluding carboxylic acids is 1. The van der Waals surface area contributed by atoms with Crippen LogP contribution in [0.2, 0.25) is 0 Å². The molecule has 11 heavy (non-hydrogen) atoms. The first-order valence-corrected chi connectivity index (χ1v) is 3.08. The molecule has 0 aliphatic carbocycles. The molecule has 0 aromatic rings. The van der Waals surface area contributed by atoms with Crippen molar-refractivity contribution in [2.24, 2.45) is 0 Å². The number of rotatable bonds is 4. The number of amides is 1. The molecule has 0 fully saturated rings. The first kappa shape index (κ1) is 9.55. The molecule has 0 aliphatic rings. The van der Waals surface area contributed by atoms with Gasteiger partial charge in [-0.15, -0.1) is 18.8 Å². The summed E-state index contributed by atoms with van der Waals surface area (Å²) >= 11 is 0. The predicted octanol–water partition coefficient (Wildman–Crippen LogP) is 0.0808. The summed E-state index contributed by atoms with van der Waals surface area (Å²) < 4.78 is 0. The molecule has 58 valence electrons. The van der Waals surface area contributed by atoms with Crippen molar-refractivity contribution < 1.29 is 9.63 Å². The monoisotopic (exact) mass is 151 g/mol. The van der Waals surface area contributed by atoms with Gasteiger partial charge >= 0.3 is 0 Å². The van der Waals surface area contributed by atoms with E-state index in [1.165, 1.54) is 0 Å². The lowest BCUT2D eigenvalue weighted by molar-refractivity contribution is -0.132. The summed E-state index contributed by atoms with van der Waals surface area (Å²) in [5, 5.41) is 0. The van der Waals surface area contributed by atoms with Crippen LogP contribution in [0, 0.1) is 24.7 Å². The Kier molecular flexibility index (Phi) is 5.79. The highest BCUT2D eigenvalue weighted by Crippen LogP contribution is 1.84. The number of hydrogen-bond donors (Lipinski definition) is 1. The molecule has 3 heteroatoms. The van der Waals surface area contributed by atoms with E-state index in [2.05, 4.69) is 22.2 Å². The lowest BCUT2D eigenvalue weighted by Gasteiger charge is -1.99. The van der Waals surface area contributed by atoms with E-state index < -0.39 is 0 Å². The van der Waals surface area contributed by atoms with Crippen LogP contribution < -0.4 is 5.48 Å². The quantitative estimate of drug-likeness (QED) is 0.351. The second kappa shape index (κ2) is 6.67. The van der Waals surface area contributed by atoms with Gasteiger partial charge in [0.15, 0.2) is 0 Å². The molecular weight excluding hydrogens is 142 g/mol. The zero-order chi connectivity index (χ0) is 8.53. The summed E-state index contributed by atoms with van der Waals surface area (Å²) in [5.74, 6) is 4.28. The van der Waals surface area contributed by atoms with Gasteiger partial charge in [-0.1, -0.05) is 5.92 Å². The zero-order valence-corrected chi connectivity index (χ0v) is 6.09. The average Bonchev–Trinajstić information content (AvgIpc) is 2.01. The van der Waals surface area contributed by atoms with Crippen LogP contribution in [0.25, 0.3) is 0 Å². The Balaban J connectivity index is 3.26. The van der Waals surface area contributed by atoms with Gasteiger partial charge in [-0.3, -0.25) is 9.63 Å². The van der Waals surface area contributed by atoms with Gasteiger partial charge in [0.2, 0.25) is 5.91 Å². The van der Waals surface area contributed by atoms with Gasteiger partial charge in [0.1, 0.15) is 6.61 Å². The zero-order valence-electron chi connectivity index (χ0n) is 6.09. The fourth-order valence-corrected chi connectivity index (χ4v) is 0.395. The SMILES string of the molecule is C#CCCC(=O)NOCC#C. The lowest BCUT2D eigenvalue weighted by atomic mass is 10.3. The Morgan fingerprint density at radius 3 is 2.73 bits per heavy atom. The van der Waals surface area contributed by atoms with Crippen LogP contribution in [0.3, 0.4) is 0 Å². The maximum Gasteiger partial charge on any atom is 0.244 e. The minimum atomic E-state index is -0.252. The number of carbonyl (C=O) groups is 1. The largest absolute Gasteiger partial charge is 0.273 e. The maximum absolute atomic E-state index is 10.7. The summed E-state index contributed by atoms with van der Waals surface area (Å²) in [6.45, 7) is 0.0712. The topological polar surface area (TPSA) is 38.3 Å². The second-order valence-corrected chi connectivity index (χ2v) is 1.72. The number of nitrogens with one attached hydrogen (secondary N) is 1. The van der Waals surface area contributed by atoms with Crippen molar-refractivity contribution in [3.05, 3.63) is 0 Å². The Labute approximate surface area is 66.1 Å². The van der Waals surface area contributed by atoms with E-state index in [4.69, 9.17) is 12.8 Å². The molecule has 1 amide bonds. The molecule has 0 bridgehead atoms. The molecule has 0 spiro atoms. The molecule has 1 N–H and O–H groups in total. The van der Waals surface area contributed by atoms with Gasteiger partial charge in [-0.05, 0) is 0 Å². The molecule has 0 aliphatic heterocycles. The standard InChI is InChI=1S/C8H9NO2/c1-3-5-6-8(10)9-11-7-4-2/h1-2H,5-7H2,(H,9,10). The van der Waals surface area contributed by atoms with Crippen LogP contribution in [0.1, 0.15) is 12.8 Å². The first-order chi connectivity index (χ1) is 5.31. The van der Waals surface area contributed by atoms with E-state index in [9.17, 15) is 4.79 Å².